The SMILES string of the molecule is CC1CCCCC1NC(=NCC(=O)N(C)C)NCCCNC(=O)OC(C)(C)C. The summed E-state index contributed by atoms with van der Waals surface area (Å²) in [6.45, 7) is 9.02. The zero-order chi connectivity index (χ0) is 21.2. The molecule has 1 fully saturated rings. The van der Waals surface area contributed by atoms with E-state index in [2.05, 4.69) is 27.9 Å². The quantitative estimate of drug-likeness (QED) is 0.347. The number of hydrogen-bond acceptors (Lipinski definition) is 4. The van der Waals surface area contributed by atoms with Gasteiger partial charge in [0, 0.05) is 33.2 Å². The fourth-order valence-corrected chi connectivity index (χ4v) is 2.95. The number of nitrogens with one attached hydrogen (secondary N) is 3. The molecule has 162 valence electrons. The summed E-state index contributed by atoms with van der Waals surface area (Å²) < 4.78 is 5.22. The second kappa shape index (κ2) is 11.8. The Hall–Kier alpha value is -1.99. The number of carbonyl (C=O) groups is 2. The molecule has 0 spiro atoms. The van der Waals surface area contributed by atoms with Crippen LogP contribution in [-0.2, 0) is 9.53 Å². The number of guanidine groups is 1. The third-order valence-corrected chi connectivity index (χ3v) is 4.62. The van der Waals surface area contributed by atoms with Gasteiger partial charge in [0.1, 0.15) is 12.1 Å². The molecule has 1 aliphatic carbocycles. The highest BCUT2D eigenvalue weighted by molar-refractivity contribution is 5.84. The lowest BCUT2D eigenvalue weighted by molar-refractivity contribution is -0.127. The van der Waals surface area contributed by atoms with E-state index in [1.165, 1.54) is 24.2 Å². The number of amides is 2. The van der Waals surface area contributed by atoms with Crippen LogP contribution in [0.25, 0.3) is 0 Å². The van der Waals surface area contributed by atoms with Gasteiger partial charge in [0.25, 0.3) is 0 Å². The normalized spacial score (nSPS) is 20.3. The Morgan fingerprint density at radius 3 is 2.36 bits per heavy atom. The third kappa shape index (κ3) is 10.4. The van der Waals surface area contributed by atoms with Crippen molar-refractivity contribution in [1.29, 1.82) is 0 Å². The smallest absolute Gasteiger partial charge is 0.407 e. The highest BCUT2D eigenvalue weighted by Gasteiger charge is 2.22. The molecule has 0 aromatic carbocycles. The summed E-state index contributed by atoms with van der Waals surface area (Å²) in [7, 11) is 3.45. The number of ether oxygens (including phenoxy) is 1. The summed E-state index contributed by atoms with van der Waals surface area (Å²) in [4.78, 5) is 29.5. The van der Waals surface area contributed by atoms with E-state index in [1.54, 1.807) is 14.1 Å². The van der Waals surface area contributed by atoms with Crippen molar-refractivity contribution in [2.75, 3.05) is 33.7 Å². The standard InChI is InChI=1S/C20H39N5O3/c1-15-10-7-8-11-16(15)24-18(23-14-17(26)25(5)6)21-12-9-13-22-19(27)28-20(2,3)4/h15-16H,7-14H2,1-6H3,(H,22,27)(H2,21,23,24). The molecule has 8 heteroatoms. The van der Waals surface area contributed by atoms with E-state index in [4.69, 9.17) is 4.74 Å². The summed E-state index contributed by atoms with van der Waals surface area (Å²) in [5.74, 6) is 1.20. The largest absolute Gasteiger partial charge is 0.444 e. The molecule has 0 aliphatic heterocycles. The Morgan fingerprint density at radius 2 is 1.75 bits per heavy atom. The predicted octanol–water partition coefficient (Wildman–Crippen LogP) is 2.10. The molecule has 8 nitrogen and oxygen atoms in total. The maximum absolute atomic E-state index is 11.9. The fraction of sp³-hybridized carbons (Fsp3) is 0.850. The number of rotatable bonds is 7. The Morgan fingerprint density at radius 1 is 1.11 bits per heavy atom. The molecule has 1 saturated carbocycles. The molecular formula is C20H39N5O3. The van der Waals surface area contributed by atoms with Gasteiger partial charge in [0.05, 0.1) is 0 Å². The van der Waals surface area contributed by atoms with E-state index < -0.39 is 11.7 Å². The molecule has 3 N–H and O–H groups in total. The highest BCUT2D eigenvalue weighted by Crippen LogP contribution is 2.23. The van der Waals surface area contributed by atoms with Gasteiger partial charge in [0.2, 0.25) is 5.91 Å². The number of hydrogen-bond donors (Lipinski definition) is 3. The van der Waals surface area contributed by atoms with Gasteiger partial charge in [0.15, 0.2) is 5.96 Å². The lowest BCUT2D eigenvalue weighted by Crippen LogP contribution is -2.48. The highest BCUT2D eigenvalue weighted by atomic mass is 16.6. The van der Waals surface area contributed by atoms with Crippen LogP contribution in [0.3, 0.4) is 0 Å². The van der Waals surface area contributed by atoms with Crippen molar-refractivity contribution in [3.05, 3.63) is 0 Å². The molecule has 0 saturated heterocycles. The first kappa shape index (κ1) is 24.0. The molecule has 1 rings (SSSR count). The second-order valence-electron chi connectivity index (χ2n) is 8.67. The Bertz CT molecular complexity index is 528. The minimum atomic E-state index is -0.498. The first-order valence-corrected chi connectivity index (χ1v) is 10.3. The molecule has 0 bridgehead atoms. The van der Waals surface area contributed by atoms with Gasteiger partial charge in [-0.1, -0.05) is 19.8 Å². The van der Waals surface area contributed by atoms with Crippen molar-refractivity contribution in [3.63, 3.8) is 0 Å². The summed E-state index contributed by atoms with van der Waals surface area (Å²) in [5, 5.41) is 9.51. The van der Waals surface area contributed by atoms with Crippen LogP contribution in [0.5, 0.6) is 0 Å². The zero-order valence-electron chi connectivity index (χ0n) is 18.4. The van der Waals surface area contributed by atoms with Crippen LogP contribution < -0.4 is 16.0 Å². The Kier molecular flexibility index (Phi) is 10.1. The van der Waals surface area contributed by atoms with Crippen molar-refractivity contribution < 1.29 is 14.3 Å². The van der Waals surface area contributed by atoms with Crippen LogP contribution in [0.15, 0.2) is 4.99 Å². The predicted molar refractivity (Wildman–Crippen MR) is 112 cm³/mol. The number of carbonyl (C=O) groups excluding carboxylic acids is 2. The first-order chi connectivity index (χ1) is 13.1. The maximum Gasteiger partial charge on any atom is 0.407 e. The van der Waals surface area contributed by atoms with E-state index in [9.17, 15) is 9.59 Å². The van der Waals surface area contributed by atoms with E-state index >= 15 is 0 Å². The third-order valence-electron chi connectivity index (χ3n) is 4.62. The van der Waals surface area contributed by atoms with Crippen LogP contribution in [0, 0.1) is 5.92 Å². The molecule has 28 heavy (non-hydrogen) atoms. The first-order valence-electron chi connectivity index (χ1n) is 10.3. The van der Waals surface area contributed by atoms with Crippen LogP contribution >= 0.6 is 0 Å². The lowest BCUT2D eigenvalue weighted by Gasteiger charge is -2.31. The number of likely N-dealkylation sites (N-methyl/N-ethyl adjacent to an activating group) is 1. The van der Waals surface area contributed by atoms with Gasteiger partial charge in [-0.25, -0.2) is 9.79 Å². The monoisotopic (exact) mass is 397 g/mol. The average molecular weight is 398 g/mol. The van der Waals surface area contributed by atoms with Crippen molar-refractivity contribution >= 4 is 18.0 Å². The van der Waals surface area contributed by atoms with E-state index in [1.807, 2.05) is 20.8 Å². The van der Waals surface area contributed by atoms with E-state index in [0.717, 1.165) is 12.8 Å². The number of nitrogens with zero attached hydrogens (tertiary/aromatic N) is 2. The summed E-state index contributed by atoms with van der Waals surface area (Å²) >= 11 is 0. The van der Waals surface area contributed by atoms with E-state index in [0.29, 0.717) is 31.0 Å². The fourth-order valence-electron chi connectivity index (χ4n) is 2.95. The molecule has 2 unspecified atom stereocenters. The number of aliphatic imine (C=N–C) groups is 1. The Labute approximate surface area is 169 Å². The van der Waals surface area contributed by atoms with Gasteiger partial charge >= 0.3 is 6.09 Å². The van der Waals surface area contributed by atoms with Crippen LogP contribution in [0.4, 0.5) is 4.79 Å². The maximum atomic E-state index is 11.9. The van der Waals surface area contributed by atoms with Crippen molar-refractivity contribution in [1.82, 2.24) is 20.9 Å². The summed E-state index contributed by atoms with van der Waals surface area (Å²) in [6, 6.07) is 0.370. The minimum absolute atomic E-state index is 0.0376. The molecule has 0 radical (unpaired) electrons. The Balaban J connectivity index is 2.47. The summed E-state index contributed by atoms with van der Waals surface area (Å²) in [6.07, 6.45) is 5.12. The topological polar surface area (TPSA) is 95.1 Å². The molecule has 2 atom stereocenters. The molecule has 0 aromatic heterocycles. The molecule has 0 heterocycles. The number of alkyl carbamates (subject to hydrolysis) is 1. The minimum Gasteiger partial charge on any atom is -0.444 e. The van der Waals surface area contributed by atoms with Crippen LogP contribution in [-0.4, -0.2) is 68.2 Å². The van der Waals surface area contributed by atoms with Gasteiger partial charge in [-0.2, -0.15) is 0 Å². The molecule has 1 aliphatic rings. The van der Waals surface area contributed by atoms with Gasteiger partial charge in [-0.3, -0.25) is 4.79 Å². The van der Waals surface area contributed by atoms with Crippen molar-refractivity contribution in [3.8, 4) is 0 Å². The van der Waals surface area contributed by atoms with E-state index in [-0.39, 0.29) is 12.5 Å². The van der Waals surface area contributed by atoms with Crippen LogP contribution in [0.2, 0.25) is 0 Å². The molecule has 0 aromatic rings. The zero-order valence-corrected chi connectivity index (χ0v) is 18.4. The van der Waals surface area contributed by atoms with Crippen LogP contribution in [0.1, 0.15) is 59.8 Å². The molecular weight excluding hydrogens is 358 g/mol. The van der Waals surface area contributed by atoms with Crippen molar-refractivity contribution in [2.45, 2.75) is 71.4 Å². The van der Waals surface area contributed by atoms with Gasteiger partial charge in [-0.05, 0) is 46.0 Å². The summed E-state index contributed by atoms with van der Waals surface area (Å²) in [5.41, 5.74) is -0.498. The van der Waals surface area contributed by atoms with Gasteiger partial charge < -0.3 is 25.6 Å². The molecule has 2 amide bonds. The van der Waals surface area contributed by atoms with Gasteiger partial charge in [-0.15, -0.1) is 0 Å². The average Bonchev–Trinajstić information content (AvgIpc) is 2.58. The second-order valence-corrected chi connectivity index (χ2v) is 8.67. The van der Waals surface area contributed by atoms with Crippen molar-refractivity contribution in [2.24, 2.45) is 10.9 Å². The lowest BCUT2D eigenvalue weighted by atomic mass is 9.86.